The molecule has 0 spiro atoms. The van der Waals surface area contributed by atoms with Crippen LogP contribution in [0.4, 0.5) is 0 Å². The molecule has 1 atom stereocenters. The van der Waals surface area contributed by atoms with Crippen molar-refractivity contribution in [3.63, 3.8) is 0 Å². The molecule has 1 aromatic heterocycles. The lowest BCUT2D eigenvalue weighted by Crippen LogP contribution is -2.31. The SMILES string of the molecule is C#CC(C)NS(=O)(=O)c1ccc(C=O)o1. The first kappa shape index (κ1) is 11.5. The van der Waals surface area contributed by atoms with Gasteiger partial charge in [-0.15, -0.1) is 6.42 Å². The number of carbonyl (C=O) groups excluding carboxylic acids is 1. The molecule has 0 bridgehead atoms. The summed E-state index contributed by atoms with van der Waals surface area (Å²) in [5.74, 6) is 2.16. The molecular formula is C9H9NO4S. The van der Waals surface area contributed by atoms with E-state index in [0.717, 1.165) is 0 Å². The van der Waals surface area contributed by atoms with Crippen LogP contribution >= 0.6 is 0 Å². The number of furan rings is 1. The normalized spacial score (nSPS) is 13.1. The average molecular weight is 227 g/mol. The molecule has 0 aliphatic heterocycles. The number of aldehydes is 1. The lowest BCUT2D eigenvalue weighted by atomic mass is 10.4. The first-order chi connectivity index (χ1) is 6.99. The molecule has 0 fully saturated rings. The van der Waals surface area contributed by atoms with Crippen molar-refractivity contribution in [2.24, 2.45) is 0 Å². The van der Waals surface area contributed by atoms with Crippen LogP contribution in [-0.2, 0) is 10.0 Å². The molecule has 0 amide bonds. The average Bonchev–Trinajstić information content (AvgIpc) is 2.65. The highest BCUT2D eigenvalue weighted by atomic mass is 32.2. The predicted octanol–water partition coefficient (Wildman–Crippen LogP) is 0.392. The summed E-state index contributed by atoms with van der Waals surface area (Å²) >= 11 is 0. The van der Waals surface area contributed by atoms with Crippen LogP contribution in [-0.4, -0.2) is 20.7 Å². The first-order valence-corrected chi connectivity index (χ1v) is 5.51. The van der Waals surface area contributed by atoms with Gasteiger partial charge >= 0.3 is 0 Å². The van der Waals surface area contributed by atoms with Gasteiger partial charge in [0.25, 0.3) is 10.0 Å². The lowest BCUT2D eigenvalue weighted by Gasteiger charge is -2.05. The standard InChI is InChI=1S/C9H9NO4S/c1-3-7(2)10-15(12,13)9-5-4-8(6-11)14-9/h1,4-7,10H,2H3. The molecule has 1 rings (SSSR count). The van der Waals surface area contributed by atoms with E-state index in [-0.39, 0.29) is 10.9 Å². The third-order valence-corrected chi connectivity index (χ3v) is 2.98. The maximum absolute atomic E-state index is 11.5. The molecule has 6 heteroatoms. The van der Waals surface area contributed by atoms with Crippen LogP contribution in [0.2, 0.25) is 0 Å². The Labute approximate surface area is 87.5 Å². The summed E-state index contributed by atoms with van der Waals surface area (Å²) in [4.78, 5) is 10.3. The van der Waals surface area contributed by atoms with Crippen molar-refractivity contribution in [3.8, 4) is 12.3 Å². The van der Waals surface area contributed by atoms with Gasteiger partial charge in [-0.3, -0.25) is 4.79 Å². The van der Waals surface area contributed by atoms with Crippen molar-refractivity contribution in [2.75, 3.05) is 0 Å². The van der Waals surface area contributed by atoms with Gasteiger partial charge in [-0.2, -0.15) is 4.72 Å². The predicted molar refractivity (Wildman–Crippen MR) is 52.7 cm³/mol. The molecule has 80 valence electrons. The number of carbonyl (C=O) groups is 1. The van der Waals surface area contributed by atoms with E-state index in [4.69, 9.17) is 10.8 Å². The fraction of sp³-hybridized carbons (Fsp3) is 0.222. The minimum Gasteiger partial charge on any atom is -0.440 e. The number of sulfonamides is 1. The van der Waals surface area contributed by atoms with Crippen LogP contribution in [0.1, 0.15) is 17.5 Å². The summed E-state index contributed by atoms with van der Waals surface area (Å²) in [7, 11) is -3.78. The van der Waals surface area contributed by atoms with Crippen molar-refractivity contribution in [2.45, 2.75) is 18.1 Å². The highest BCUT2D eigenvalue weighted by Gasteiger charge is 2.20. The Morgan fingerprint density at radius 1 is 1.60 bits per heavy atom. The van der Waals surface area contributed by atoms with Gasteiger partial charge in [-0.1, -0.05) is 5.92 Å². The second-order valence-corrected chi connectivity index (χ2v) is 4.43. The van der Waals surface area contributed by atoms with Gasteiger partial charge in [0.15, 0.2) is 12.0 Å². The van der Waals surface area contributed by atoms with Crippen LogP contribution in [0.3, 0.4) is 0 Å². The Hall–Kier alpha value is -1.58. The van der Waals surface area contributed by atoms with Crippen molar-refractivity contribution in [1.29, 1.82) is 0 Å². The van der Waals surface area contributed by atoms with Gasteiger partial charge in [-0.05, 0) is 19.1 Å². The fourth-order valence-corrected chi connectivity index (χ4v) is 1.97. The van der Waals surface area contributed by atoms with Gasteiger partial charge in [0, 0.05) is 0 Å². The van der Waals surface area contributed by atoms with Gasteiger partial charge in [0.2, 0.25) is 5.09 Å². The zero-order valence-electron chi connectivity index (χ0n) is 7.93. The van der Waals surface area contributed by atoms with E-state index in [2.05, 4.69) is 10.6 Å². The van der Waals surface area contributed by atoms with Crippen LogP contribution in [0.25, 0.3) is 0 Å². The van der Waals surface area contributed by atoms with Crippen molar-refractivity contribution in [3.05, 3.63) is 17.9 Å². The Morgan fingerprint density at radius 3 is 2.73 bits per heavy atom. The number of rotatable bonds is 4. The minimum absolute atomic E-state index is 0.0521. The largest absolute Gasteiger partial charge is 0.440 e. The molecule has 1 N–H and O–H groups in total. The highest BCUT2D eigenvalue weighted by molar-refractivity contribution is 7.89. The molecule has 1 unspecified atom stereocenters. The number of hydrogen-bond acceptors (Lipinski definition) is 4. The second kappa shape index (κ2) is 4.29. The fourth-order valence-electron chi connectivity index (χ4n) is 0.867. The summed E-state index contributed by atoms with van der Waals surface area (Å²) in [6, 6.07) is 1.82. The topological polar surface area (TPSA) is 76.4 Å². The molecule has 0 aliphatic carbocycles. The van der Waals surface area contributed by atoms with Crippen molar-refractivity contribution >= 4 is 16.3 Å². The molecule has 1 aromatic rings. The second-order valence-electron chi connectivity index (χ2n) is 2.78. The molecule has 15 heavy (non-hydrogen) atoms. The lowest BCUT2D eigenvalue weighted by molar-refractivity contribution is 0.109. The Morgan fingerprint density at radius 2 is 2.27 bits per heavy atom. The number of nitrogens with one attached hydrogen (secondary N) is 1. The molecule has 0 aliphatic rings. The Bertz CT molecular complexity index is 494. The van der Waals surface area contributed by atoms with E-state index >= 15 is 0 Å². The smallest absolute Gasteiger partial charge is 0.275 e. The van der Waals surface area contributed by atoms with Crippen LogP contribution < -0.4 is 4.72 Å². The van der Waals surface area contributed by atoms with Gasteiger partial charge in [-0.25, -0.2) is 8.42 Å². The maximum Gasteiger partial charge on any atom is 0.275 e. The van der Waals surface area contributed by atoms with E-state index in [0.29, 0.717) is 6.29 Å². The van der Waals surface area contributed by atoms with Gasteiger partial charge in [0.05, 0.1) is 6.04 Å². The van der Waals surface area contributed by atoms with Crippen molar-refractivity contribution in [1.82, 2.24) is 4.72 Å². The van der Waals surface area contributed by atoms with E-state index in [1.165, 1.54) is 19.1 Å². The van der Waals surface area contributed by atoms with E-state index in [1.54, 1.807) is 0 Å². The van der Waals surface area contributed by atoms with Crippen LogP contribution in [0.15, 0.2) is 21.6 Å². The molecule has 0 aromatic carbocycles. The Balaban J connectivity index is 2.97. The van der Waals surface area contributed by atoms with E-state index in [1.807, 2.05) is 0 Å². The molecule has 0 radical (unpaired) electrons. The molecule has 1 heterocycles. The monoisotopic (exact) mass is 227 g/mol. The zero-order valence-corrected chi connectivity index (χ0v) is 8.74. The van der Waals surface area contributed by atoms with E-state index < -0.39 is 16.1 Å². The minimum atomic E-state index is -3.78. The maximum atomic E-state index is 11.5. The molecular weight excluding hydrogens is 218 g/mol. The van der Waals surface area contributed by atoms with Crippen LogP contribution in [0, 0.1) is 12.3 Å². The van der Waals surface area contributed by atoms with Crippen molar-refractivity contribution < 1.29 is 17.6 Å². The summed E-state index contributed by atoms with van der Waals surface area (Å²) in [5, 5.41) is -0.327. The summed E-state index contributed by atoms with van der Waals surface area (Å²) in [5.41, 5.74) is 0. The zero-order chi connectivity index (χ0) is 11.5. The molecule has 5 nitrogen and oxygen atoms in total. The highest BCUT2D eigenvalue weighted by Crippen LogP contribution is 2.12. The molecule has 0 saturated heterocycles. The Kier molecular flexibility index (Phi) is 3.29. The number of hydrogen-bond donors (Lipinski definition) is 1. The van der Waals surface area contributed by atoms with Gasteiger partial charge < -0.3 is 4.42 Å². The van der Waals surface area contributed by atoms with Crippen LogP contribution in [0.5, 0.6) is 0 Å². The molecule has 0 saturated carbocycles. The quantitative estimate of drug-likeness (QED) is 0.596. The van der Waals surface area contributed by atoms with E-state index in [9.17, 15) is 13.2 Å². The van der Waals surface area contributed by atoms with Gasteiger partial charge in [0.1, 0.15) is 0 Å². The summed E-state index contributed by atoms with van der Waals surface area (Å²) in [6.07, 6.45) is 5.45. The summed E-state index contributed by atoms with van der Waals surface area (Å²) < 4.78 is 30.0. The first-order valence-electron chi connectivity index (χ1n) is 4.03. The number of terminal acetylenes is 1. The third kappa shape index (κ3) is 2.68. The summed E-state index contributed by atoms with van der Waals surface area (Å²) in [6.45, 7) is 1.52. The third-order valence-electron chi connectivity index (χ3n) is 1.57.